The van der Waals surface area contributed by atoms with Crippen LogP contribution < -0.4 is 15.1 Å². The zero-order valence-corrected chi connectivity index (χ0v) is 24.6. The fourth-order valence-electron chi connectivity index (χ4n) is 5.92. The molecule has 1 amide bonds. The SMILES string of the molecule is Cc1cc(C)c(C(=O)N2CCN(c3cccc(F)c3[S@@](C)=O)CC2)cc1NC1CCN(c2ccccc2C#N)CC1. The second-order valence-corrected chi connectivity index (χ2v) is 12.2. The molecule has 0 saturated carbocycles. The summed E-state index contributed by atoms with van der Waals surface area (Å²) >= 11 is 0. The van der Waals surface area contributed by atoms with Gasteiger partial charge in [0.2, 0.25) is 0 Å². The number of piperazine rings is 1. The van der Waals surface area contributed by atoms with Crippen molar-refractivity contribution in [3.63, 3.8) is 0 Å². The minimum Gasteiger partial charge on any atom is -0.382 e. The van der Waals surface area contributed by atoms with Crippen LogP contribution in [0.25, 0.3) is 0 Å². The van der Waals surface area contributed by atoms with Crippen molar-refractivity contribution < 1.29 is 13.4 Å². The topological polar surface area (TPSA) is 79.7 Å². The molecular formula is C32H36FN5O2S. The Bertz CT molecular complexity index is 1500. The van der Waals surface area contributed by atoms with Gasteiger partial charge >= 0.3 is 0 Å². The summed E-state index contributed by atoms with van der Waals surface area (Å²) in [7, 11) is -1.45. The number of benzene rings is 3. The van der Waals surface area contributed by atoms with E-state index in [9.17, 15) is 18.7 Å². The van der Waals surface area contributed by atoms with Gasteiger partial charge < -0.3 is 20.0 Å². The Kier molecular flexibility index (Phi) is 8.60. The monoisotopic (exact) mass is 573 g/mol. The predicted octanol–water partition coefficient (Wildman–Crippen LogP) is 5.09. The molecule has 5 rings (SSSR count). The fraction of sp³-hybridized carbons (Fsp3) is 0.375. The molecule has 0 spiro atoms. The number of aryl methyl sites for hydroxylation is 2. The van der Waals surface area contributed by atoms with Gasteiger partial charge in [-0.15, -0.1) is 0 Å². The molecule has 2 aliphatic heterocycles. The number of carbonyl (C=O) groups is 1. The number of amides is 1. The van der Waals surface area contributed by atoms with Gasteiger partial charge in [-0.2, -0.15) is 5.26 Å². The highest BCUT2D eigenvalue weighted by Gasteiger charge is 2.27. The first-order valence-corrected chi connectivity index (χ1v) is 15.6. The first kappa shape index (κ1) is 28.6. The lowest BCUT2D eigenvalue weighted by atomic mass is 9.99. The average molecular weight is 574 g/mol. The standard InChI is InChI=1S/C32H36FN5O2S/c1-22-19-23(2)28(35-25-11-13-36(14-12-25)29-9-5-4-7-24(29)21-34)20-26(22)32(39)38-17-15-37(16-18-38)30-10-6-8-27(33)31(30)41(3)40/h4-10,19-20,25,35H,11-18H2,1-3H3/t41-/m1/s1. The van der Waals surface area contributed by atoms with E-state index in [1.54, 1.807) is 12.1 Å². The average Bonchev–Trinajstić information content (AvgIpc) is 2.98. The molecule has 0 radical (unpaired) electrons. The van der Waals surface area contributed by atoms with Crippen LogP contribution in [0.15, 0.2) is 59.5 Å². The molecule has 41 heavy (non-hydrogen) atoms. The number of halogens is 1. The lowest BCUT2D eigenvalue weighted by molar-refractivity contribution is 0.0746. The Balaban J connectivity index is 1.24. The second kappa shape index (κ2) is 12.3. The van der Waals surface area contributed by atoms with E-state index in [0.29, 0.717) is 43.0 Å². The van der Waals surface area contributed by atoms with E-state index in [0.717, 1.165) is 48.4 Å². The number of piperidine rings is 1. The van der Waals surface area contributed by atoms with E-state index in [4.69, 9.17) is 0 Å². The number of anilines is 3. The van der Waals surface area contributed by atoms with Gasteiger partial charge in [-0.1, -0.05) is 24.3 Å². The Labute approximate surface area is 244 Å². The van der Waals surface area contributed by atoms with E-state index in [-0.39, 0.29) is 16.8 Å². The predicted molar refractivity (Wildman–Crippen MR) is 163 cm³/mol. The maximum absolute atomic E-state index is 14.4. The number of rotatable bonds is 6. The smallest absolute Gasteiger partial charge is 0.254 e. The van der Waals surface area contributed by atoms with Gasteiger partial charge in [-0.05, 0) is 68.1 Å². The molecule has 2 heterocycles. The normalized spacial score (nSPS) is 16.8. The third-order valence-corrected chi connectivity index (χ3v) is 9.14. The molecule has 214 valence electrons. The molecule has 1 atom stereocenters. The van der Waals surface area contributed by atoms with Crippen LogP contribution >= 0.6 is 0 Å². The number of para-hydroxylation sites is 1. The minimum atomic E-state index is -1.45. The summed E-state index contributed by atoms with van der Waals surface area (Å²) in [5, 5.41) is 13.2. The fourth-order valence-corrected chi connectivity index (χ4v) is 6.75. The van der Waals surface area contributed by atoms with Crippen molar-refractivity contribution in [3.05, 3.63) is 82.7 Å². The van der Waals surface area contributed by atoms with Crippen molar-refractivity contribution in [3.8, 4) is 6.07 Å². The molecule has 2 saturated heterocycles. The Morgan fingerprint density at radius 2 is 1.59 bits per heavy atom. The molecule has 0 bridgehead atoms. The minimum absolute atomic E-state index is 0.00772. The number of carbonyl (C=O) groups excluding carboxylic acids is 1. The summed E-state index contributed by atoms with van der Waals surface area (Å²) < 4.78 is 26.6. The summed E-state index contributed by atoms with van der Waals surface area (Å²) in [5.41, 5.74) is 6.04. The molecule has 0 aliphatic carbocycles. The quantitative estimate of drug-likeness (QED) is 0.442. The Morgan fingerprint density at radius 3 is 2.27 bits per heavy atom. The highest BCUT2D eigenvalue weighted by atomic mass is 32.2. The number of nitrogens with zero attached hydrogens (tertiary/aromatic N) is 4. The lowest BCUT2D eigenvalue weighted by Crippen LogP contribution is -2.49. The van der Waals surface area contributed by atoms with Gasteiger partial charge in [0.25, 0.3) is 5.91 Å². The molecule has 9 heteroatoms. The van der Waals surface area contributed by atoms with Crippen molar-refractivity contribution in [2.45, 2.75) is 37.6 Å². The third-order valence-electron chi connectivity index (χ3n) is 8.16. The number of hydrogen-bond acceptors (Lipinski definition) is 6. The van der Waals surface area contributed by atoms with Crippen LogP contribution in [0.4, 0.5) is 21.5 Å². The zero-order valence-electron chi connectivity index (χ0n) is 23.8. The molecule has 0 aromatic heterocycles. The third kappa shape index (κ3) is 6.08. The molecule has 3 aromatic rings. The van der Waals surface area contributed by atoms with Gasteiger partial charge in [-0.3, -0.25) is 9.00 Å². The first-order valence-electron chi connectivity index (χ1n) is 14.0. The summed E-state index contributed by atoms with van der Waals surface area (Å²) in [5.74, 6) is -0.471. The van der Waals surface area contributed by atoms with E-state index in [1.165, 1.54) is 12.3 Å². The number of hydrogen-bond donors (Lipinski definition) is 1. The molecule has 2 aliphatic rings. The number of nitrogens with one attached hydrogen (secondary N) is 1. The van der Waals surface area contributed by atoms with Gasteiger partial charge in [0.15, 0.2) is 0 Å². The zero-order chi connectivity index (χ0) is 29.1. The van der Waals surface area contributed by atoms with Crippen molar-refractivity contribution in [1.82, 2.24) is 4.90 Å². The summed E-state index contributed by atoms with van der Waals surface area (Å²) in [4.78, 5) is 20.0. The van der Waals surface area contributed by atoms with Crippen LogP contribution in [-0.2, 0) is 10.8 Å². The molecule has 1 N–H and O–H groups in total. The van der Waals surface area contributed by atoms with E-state index < -0.39 is 16.6 Å². The molecule has 7 nitrogen and oxygen atoms in total. The van der Waals surface area contributed by atoms with Crippen molar-refractivity contribution in [1.29, 1.82) is 5.26 Å². The van der Waals surface area contributed by atoms with Crippen molar-refractivity contribution >= 4 is 33.8 Å². The van der Waals surface area contributed by atoms with Gasteiger partial charge in [0, 0.05) is 62.8 Å². The van der Waals surface area contributed by atoms with Gasteiger partial charge in [0.05, 0.1) is 32.6 Å². The van der Waals surface area contributed by atoms with E-state index in [2.05, 4.69) is 29.3 Å². The highest BCUT2D eigenvalue weighted by Crippen LogP contribution is 2.30. The van der Waals surface area contributed by atoms with Gasteiger partial charge in [-0.25, -0.2) is 4.39 Å². The first-order chi connectivity index (χ1) is 19.8. The summed E-state index contributed by atoms with van der Waals surface area (Å²) in [6.45, 7) is 7.85. The Morgan fingerprint density at radius 1 is 0.927 bits per heavy atom. The maximum atomic E-state index is 14.4. The molecule has 2 fully saturated rings. The summed E-state index contributed by atoms with van der Waals surface area (Å²) in [6, 6.07) is 19.1. The van der Waals surface area contributed by atoms with Crippen molar-refractivity contribution in [2.75, 3.05) is 60.6 Å². The van der Waals surface area contributed by atoms with Crippen LogP contribution in [0.5, 0.6) is 0 Å². The van der Waals surface area contributed by atoms with E-state index >= 15 is 0 Å². The second-order valence-electron chi connectivity index (χ2n) is 10.8. The van der Waals surface area contributed by atoms with Gasteiger partial charge in [0.1, 0.15) is 11.9 Å². The Hall–Kier alpha value is -3.90. The van der Waals surface area contributed by atoms with Crippen LogP contribution in [0, 0.1) is 31.0 Å². The van der Waals surface area contributed by atoms with Crippen LogP contribution in [0.2, 0.25) is 0 Å². The maximum Gasteiger partial charge on any atom is 0.254 e. The van der Waals surface area contributed by atoms with E-state index in [1.807, 2.05) is 47.1 Å². The molecular weight excluding hydrogens is 537 g/mol. The lowest BCUT2D eigenvalue weighted by Gasteiger charge is -2.37. The van der Waals surface area contributed by atoms with Crippen molar-refractivity contribution in [2.24, 2.45) is 0 Å². The number of nitriles is 1. The molecule has 0 unspecified atom stereocenters. The van der Waals surface area contributed by atoms with Crippen LogP contribution in [0.3, 0.4) is 0 Å². The summed E-state index contributed by atoms with van der Waals surface area (Å²) in [6.07, 6.45) is 3.36. The highest BCUT2D eigenvalue weighted by molar-refractivity contribution is 7.84. The van der Waals surface area contributed by atoms with Crippen LogP contribution in [0.1, 0.15) is 39.9 Å². The van der Waals surface area contributed by atoms with Crippen LogP contribution in [-0.4, -0.2) is 66.6 Å². The molecule has 3 aromatic carbocycles. The largest absolute Gasteiger partial charge is 0.382 e.